The van der Waals surface area contributed by atoms with Gasteiger partial charge in [0.05, 0.1) is 18.1 Å². The van der Waals surface area contributed by atoms with Crippen LogP contribution < -0.4 is 10.1 Å². The lowest BCUT2D eigenvalue weighted by atomic mass is 10.0. The van der Waals surface area contributed by atoms with E-state index in [1.54, 1.807) is 6.21 Å². The van der Waals surface area contributed by atoms with Crippen molar-refractivity contribution in [2.45, 2.75) is 57.6 Å². The first-order chi connectivity index (χ1) is 15.2. The van der Waals surface area contributed by atoms with Crippen molar-refractivity contribution in [3.05, 3.63) is 65.2 Å². The molecule has 0 aliphatic carbocycles. The summed E-state index contributed by atoms with van der Waals surface area (Å²) < 4.78 is 5.82. The molecule has 1 N–H and O–H groups in total. The highest BCUT2D eigenvalue weighted by Crippen LogP contribution is 2.24. The zero-order valence-corrected chi connectivity index (χ0v) is 19.2. The summed E-state index contributed by atoms with van der Waals surface area (Å²) in [6, 6.07) is 16.3. The summed E-state index contributed by atoms with van der Waals surface area (Å²) in [5.41, 5.74) is 3.39. The van der Waals surface area contributed by atoms with Gasteiger partial charge in [0.15, 0.2) is 5.17 Å². The summed E-state index contributed by atoms with van der Waals surface area (Å²) in [5, 5.41) is 11.6. The SMILES string of the molecule is CCCCOc1ccccc1C=N/N=C1/NC(=O)C(Cc2ccc(CCCC)cc2)S1. The Morgan fingerprint density at radius 3 is 2.55 bits per heavy atom. The fraction of sp³-hybridized carbons (Fsp3) is 0.400. The van der Waals surface area contributed by atoms with Gasteiger partial charge >= 0.3 is 0 Å². The largest absolute Gasteiger partial charge is 0.493 e. The lowest BCUT2D eigenvalue weighted by Gasteiger charge is -2.07. The summed E-state index contributed by atoms with van der Waals surface area (Å²) in [5.74, 6) is 0.778. The summed E-state index contributed by atoms with van der Waals surface area (Å²) in [7, 11) is 0. The molecule has 6 heteroatoms. The number of amides is 1. The van der Waals surface area contributed by atoms with Crippen LogP contribution in [-0.4, -0.2) is 29.1 Å². The van der Waals surface area contributed by atoms with Gasteiger partial charge < -0.3 is 10.1 Å². The minimum Gasteiger partial charge on any atom is -0.493 e. The van der Waals surface area contributed by atoms with Gasteiger partial charge in [-0.1, -0.05) is 74.8 Å². The number of hydrogen-bond donors (Lipinski definition) is 1. The third-order valence-corrected chi connectivity index (χ3v) is 6.13. The first-order valence-corrected chi connectivity index (χ1v) is 12.0. The van der Waals surface area contributed by atoms with Crippen LogP contribution in [0.5, 0.6) is 5.75 Å². The smallest absolute Gasteiger partial charge is 0.239 e. The number of para-hydroxylation sites is 1. The molecule has 2 aromatic carbocycles. The molecule has 5 nitrogen and oxygen atoms in total. The van der Waals surface area contributed by atoms with E-state index in [9.17, 15) is 4.79 Å². The zero-order valence-electron chi connectivity index (χ0n) is 18.3. The topological polar surface area (TPSA) is 63.1 Å². The van der Waals surface area contributed by atoms with Crippen molar-refractivity contribution < 1.29 is 9.53 Å². The monoisotopic (exact) mass is 437 g/mol. The number of unbranched alkanes of at least 4 members (excludes halogenated alkanes) is 2. The Kier molecular flexibility index (Phi) is 9.16. The molecule has 1 unspecified atom stereocenters. The first-order valence-electron chi connectivity index (χ1n) is 11.1. The Bertz CT molecular complexity index is 909. The number of nitrogens with zero attached hydrogens (tertiary/aromatic N) is 2. The normalized spacial score (nSPS) is 17.4. The van der Waals surface area contributed by atoms with Crippen molar-refractivity contribution >= 4 is 29.1 Å². The van der Waals surface area contributed by atoms with Crippen molar-refractivity contribution in [1.29, 1.82) is 0 Å². The molecule has 3 rings (SSSR count). The van der Waals surface area contributed by atoms with Gasteiger partial charge in [0, 0.05) is 5.56 Å². The average Bonchev–Trinajstić information content (AvgIpc) is 3.13. The number of rotatable bonds is 11. The van der Waals surface area contributed by atoms with Crippen molar-refractivity contribution in [3.8, 4) is 5.75 Å². The third-order valence-electron chi connectivity index (χ3n) is 5.06. The van der Waals surface area contributed by atoms with Crippen LogP contribution >= 0.6 is 11.8 Å². The molecule has 0 radical (unpaired) electrons. The molecule has 1 saturated heterocycles. The Morgan fingerprint density at radius 2 is 1.77 bits per heavy atom. The fourth-order valence-corrected chi connectivity index (χ4v) is 4.18. The molecule has 1 heterocycles. The Hall–Kier alpha value is -2.60. The van der Waals surface area contributed by atoms with Gasteiger partial charge in [0.25, 0.3) is 0 Å². The van der Waals surface area contributed by atoms with Crippen molar-refractivity contribution in [3.63, 3.8) is 0 Å². The molecule has 1 amide bonds. The number of amidine groups is 1. The Labute approximate surface area is 189 Å². The van der Waals surface area contributed by atoms with Crippen LogP contribution in [0.2, 0.25) is 0 Å². The van der Waals surface area contributed by atoms with Crippen molar-refractivity contribution in [2.24, 2.45) is 10.2 Å². The minimum atomic E-state index is -0.180. The second-order valence-electron chi connectivity index (χ2n) is 7.61. The van der Waals surface area contributed by atoms with Crippen LogP contribution in [0.4, 0.5) is 0 Å². The number of hydrogen-bond acceptors (Lipinski definition) is 5. The van der Waals surface area contributed by atoms with Crippen LogP contribution in [-0.2, 0) is 17.6 Å². The van der Waals surface area contributed by atoms with Crippen LogP contribution in [0.25, 0.3) is 0 Å². The van der Waals surface area contributed by atoms with E-state index in [2.05, 4.69) is 53.6 Å². The van der Waals surface area contributed by atoms with Crippen LogP contribution in [0, 0.1) is 0 Å². The molecule has 1 aliphatic rings. The third kappa shape index (κ3) is 7.24. The molecule has 164 valence electrons. The average molecular weight is 438 g/mol. The quantitative estimate of drug-likeness (QED) is 0.292. The second kappa shape index (κ2) is 12.3. The highest BCUT2D eigenvalue weighted by molar-refractivity contribution is 8.15. The van der Waals surface area contributed by atoms with Gasteiger partial charge in [-0.25, -0.2) is 0 Å². The molecule has 1 aliphatic heterocycles. The lowest BCUT2D eigenvalue weighted by molar-refractivity contribution is -0.118. The number of carbonyl (C=O) groups is 1. The molecule has 1 atom stereocenters. The highest BCUT2D eigenvalue weighted by atomic mass is 32.2. The number of thioether (sulfide) groups is 1. The van der Waals surface area contributed by atoms with E-state index in [0.717, 1.165) is 36.1 Å². The minimum absolute atomic E-state index is 0.0164. The predicted octanol–water partition coefficient (Wildman–Crippen LogP) is 5.37. The summed E-state index contributed by atoms with van der Waals surface area (Å²) in [6.07, 6.45) is 7.96. The van der Waals surface area contributed by atoms with E-state index >= 15 is 0 Å². The van der Waals surface area contributed by atoms with Crippen molar-refractivity contribution in [1.82, 2.24) is 5.32 Å². The molecule has 0 saturated carbocycles. The zero-order chi connectivity index (χ0) is 21.9. The highest BCUT2D eigenvalue weighted by Gasteiger charge is 2.30. The van der Waals surface area contributed by atoms with Crippen LogP contribution in [0.15, 0.2) is 58.7 Å². The van der Waals surface area contributed by atoms with Crippen molar-refractivity contribution in [2.75, 3.05) is 6.61 Å². The molecule has 0 spiro atoms. The summed E-state index contributed by atoms with van der Waals surface area (Å²) in [6.45, 7) is 5.02. The molecule has 0 bridgehead atoms. The van der Waals surface area contributed by atoms with E-state index in [0.29, 0.717) is 18.2 Å². The number of ether oxygens (including phenoxy) is 1. The van der Waals surface area contributed by atoms with E-state index in [1.807, 2.05) is 24.3 Å². The molecule has 1 fully saturated rings. The molecular weight excluding hydrogens is 406 g/mol. The number of benzene rings is 2. The maximum Gasteiger partial charge on any atom is 0.239 e. The number of carbonyl (C=O) groups excluding carboxylic acids is 1. The van der Waals surface area contributed by atoms with E-state index in [-0.39, 0.29) is 11.2 Å². The standard InChI is InChI=1S/C25H31N3O2S/c1-3-5-9-19-12-14-20(15-13-19)17-23-24(29)27-25(31-23)28-26-18-21-10-7-8-11-22(21)30-16-6-4-2/h7-8,10-15,18,23H,3-6,9,16-17H2,1-2H3,(H,27,28,29). The van der Waals surface area contributed by atoms with Gasteiger partial charge in [0.2, 0.25) is 5.91 Å². The van der Waals surface area contributed by atoms with Gasteiger partial charge in [-0.15, -0.1) is 5.10 Å². The molecular formula is C25H31N3O2S. The van der Waals surface area contributed by atoms with Gasteiger partial charge in [0.1, 0.15) is 5.75 Å². The fourth-order valence-electron chi connectivity index (χ4n) is 3.21. The van der Waals surface area contributed by atoms with E-state index in [4.69, 9.17) is 4.74 Å². The maximum atomic E-state index is 12.3. The van der Waals surface area contributed by atoms with Gasteiger partial charge in [-0.3, -0.25) is 4.79 Å². The second-order valence-corrected chi connectivity index (χ2v) is 8.80. The molecule has 2 aromatic rings. The van der Waals surface area contributed by atoms with E-state index in [1.165, 1.54) is 30.2 Å². The predicted molar refractivity (Wildman–Crippen MR) is 130 cm³/mol. The molecule has 31 heavy (non-hydrogen) atoms. The van der Waals surface area contributed by atoms with Crippen LogP contribution in [0.1, 0.15) is 56.2 Å². The summed E-state index contributed by atoms with van der Waals surface area (Å²) >= 11 is 1.43. The number of aryl methyl sites for hydroxylation is 1. The molecule has 0 aromatic heterocycles. The Balaban J connectivity index is 1.56. The summed E-state index contributed by atoms with van der Waals surface area (Å²) in [4.78, 5) is 12.3. The maximum absolute atomic E-state index is 12.3. The van der Waals surface area contributed by atoms with Gasteiger partial charge in [-0.05, 0) is 48.9 Å². The first kappa shape index (κ1) is 23.1. The Morgan fingerprint density at radius 1 is 1.03 bits per heavy atom. The van der Waals surface area contributed by atoms with Crippen LogP contribution in [0.3, 0.4) is 0 Å². The lowest BCUT2D eigenvalue weighted by Crippen LogP contribution is -2.25. The van der Waals surface area contributed by atoms with Gasteiger partial charge in [-0.2, -0.15) is 5.10 Å². The van der Waals surface area contributed by atoms with E-state index < -0.39 is 0 Å². The number of nitrogens with one attached hydrogen (secondary N) is 1.